The van der Waals surface area contributed by atoms with E-state index in [1.807, 2.05) is 0 Å². The predicted molar refractivity (Wildman–Crippen MR) is 87.9 cm³/mol. The highest BCUT2D eigenvalue weighted by Crippen LogP contribution is 2.23. The molecule has 7 heteroatoms. The lowest BCUT2D eigenvalue weighted by Crippen LogP contribution is -2.14. The molecule has 0 saturated heterocycles. The van der Waals surface area contributed by atoms with Gasteiger partial charge in [0.25, 0.3) is 5.56 Å². The minimum absolute atomic E-state index is 0.154. The number of aromatic nitrogens is 2. The van der Waals surface area contributed by atoms with Crippen molar-refractivity contribution in [3.05, 3.63) is 74.3 Å². The molecule has 3 aromatic rings. The molecule has 1 heterocycles. The van der Waals surface area contributed by atoms with Gasteiger partial charge in [-0.1, -0.05) is 35.3 Å². The maximum absolute atomic E-state index is 12.0. The first-order valence-corrected chi connectivity index (χ1v) is 7.40. The fourth-order valence-electron chi connectivity index (χ4n) is 2.04. The number of halogens is 2. The zero-order valence-corrected chi connectivity index (χ0v) is 13.2. The van der Waals surface area contributed by atoms with E-state index in [1.165, 1.54) is 18.2 Å². The molecule has 0 aliphatic carbocycles. The first kappa shape index (κ1) is 15.5. The molecule has 1 N–H and O–H groups in total. The zero-order chi connectivity index (χ0) is 16.4. The number of nitrogens with one attached hydrogen (secondary N) is 1. The average molecular weight is 349 g/mol. The smallest absolute Gasteiger partial charge is 0.338 e. The van der Waals surface area contributed by atoms with Crippen LogP contribution in [-0.2, 0) is 11.3 Å². The van der Waals surface area contributed by atoms with Gasteiger partial charge in [0.2, 0.25) is 0 Å². The van der Waals surface area contributed by atoms with Crippen molar-refractivity contribution in [3.63, 3.8) is 0 Å². The number of para-hydroxylation sites is 1. The topological polar surface area (TPSA) is 72.0 Å². The monoisotopic (exact) mass is 348 g/mol. The van der Waals surface area contributed by atoms with Gasteiger partial charge in [-0.05, 0) is 30.3 Å². The molecule has 5 nitrogen and oxygen atoms in total. The molecule has 0 unspecified atom stereocenters. The van der Waals surface area contributed by atoms with E-state index in [9.17, 15) is 9.59 Å². The van der Waals surface area contributed by atoms with Crippen LogP contribution in [0.4, 0.5) is 0 Å². The van der Waals surface area contributed by atoms with Crippen LogP contribution in [-0.4, -0.2) is 15.9 Å². The van der Waals surface area contributed by atoms with Gasteiger partial charge in [-0.15, -0.1) is 0 Å². The molecule has 2 aromatic carbocycles. The predicted octanol–water partition coefficient (Wildman–Crippen LogP) is 3.59. The van der Waals surface area contributed by atoms with E-state index in [2.05, 4.69) is 9.97 Å². The van der Waals surface area contributed by atoms with Crippen molar-refractivity contribution < 1.29 is 9.53 Å². The molecule has 0 aliphatic rings. The molecule has 1 aromatic heterocycles. The number of H-pyrrole nitrogens is 1. The number of carbonyl (C=O) groups is 1. The van der Waals surface area contributed by atoms with Crippen molar-refractivity contribution in [1.82, 2.24) is 9.97 Å². The van der Waals surface area contributed by atoms with E-state index in [1.54, 1.807) is 24.3 Å². The average Bonchev–Trinajstić information content (AvgIpc) is 2.55. The highest BCUT2D eigenvalue weighted by molar-refractivity contribution is 6.42. The summed E-state index contributed by atoms with van der Waals surface area (Å²) in [6, 6.07) is 11.4. The summed E-state index contributed by atoms with van der Waals surface area (Å²) >= 11 is 11.7. The van der Waals surface area contributed by atoms with Crippen LogP contribution in [0.3, 0.4) is 0 Å². The fourth-order valence-corrected chi connectivity index (χ4v) is 2.34. The third-order valence-electron chi connectivity index (χ3n) is 3.16. The van der Waals surface area contributed by atoms with Gasteiger partial charge in [0.15, 0.2) is 0 Å². The van der Waals surface area contributed by atoms with Crippen LogP contribution < -0.4 is 5.56 Å². The van der Waals surface area contributed by atoms with Crippen molar-refractivity contribution in [2.24, 2.45) is 0 Å². The second-order valence-electron chi connectivity index (χ2n) is 4.73. The summed E-state index contributed by atoms with van der Waals surface area (Å²) in [5, 5.41) is 1.09. The lowest BCUT2D eigenvalue weighted by Gasteiger charge is -2.06. The largest absolute Gasteiger partial charge is 0.454 e. The summed E-state index contributed by atoms with van der Waals surface area (Å²) in [5.41, 5.74) is 0.524. The molecule has 0 amide bonds. The van der Waals surface area contributed by atoms with Crippen LogP contribution in [0, 0.1) is 0 Å². The summed E-state index contributed by atoms with van der Waals surface area (Å²) in [6.07, 6.45) is 0. The molecule has 0 aliphatic heterocycles. The Morgan fingerprint density at radius 3 is 2.70 bits per heavy atom. The van der Waals surface area contributed by atoms with Crippen LogP contribution in [0.2, 0.25) is 10.0 Å². The van der Waals surface area contributed by atoms with Crippen molar-refractivity contribution in [2.45, 2.75) is 6.61 Å². The number of esters is 1. The molecule has 3 rings (SSSR count). The molecule has 0 bridgehead atoms. The summed E-state index contributed by atoms with van der Waals surface area (Å²) in [7, 11) is 0. The van der Waals surface area contributed by atoms with E-state index < -0.39 is 5.97 Å². The number of ether oxygens (including phenoxy) is 1. The first-order chi connectivity index (χ1) is 11.0. The Bertz CT molecular complexity index is 953. The lowest BCUT2D eigenvalue weighted by molar-refractivity contribution is 0.0462. The molecule has 116 valence electrons. The zero-order valence-electron chi connectivity index (χ0n) is 11.7. The highest BCUT2D eigenvalue weighted by atomic mass is 35.5. The van der Waals surface area contributed by atoms with Crippen molar-refractivity contribution >= 4 is 40.1 Å². The fraction of sp³-hybridized carbons (Fsp3) is 0.0625. The molecule has 0 atom stereocenters. The quantitative estimate of drug-likeness (QED) is 0.734. The van der Waals surface area contributed by atoms with Gasteiger partial charge in [0.1, 0.15) is 12.4 Å². The molecular formula is C16H10Cl2N2O3. The standard InChI is InChI=1S/C16H10Cl2N2O3/c17-11-6-5-9(7-12(11)18)16(22)23-8-14-19-13-4-2-1-3-10(13)15(21)20-14/h1-7H,8H2,(H,19,20,21). The number of carbonyl (C=O) groups excluding carboxylic acids is 1. The van der Waals surface area contributed by atoms with Crippen LogP contribution in [0.15, 0.2) is 47.3 Å². The van der Waals surface area contributed by atoms with Gasteiger partial charge in [0.05, 0.1) is 26.5 Å². The van der Waals surface area contributed by atoms with Gasteiger partial charge < -0.3 is 9.72 Å². The Morgan fingerprint density at radius 1 is 1.13 bits per heavy atom. The minimum Gasteiger partial charge on any atom is -0.454 e. The molecule has 0 spiro atoms. The molecule has 0 saturated carbocycles. The summed E-state index contributed by atoms with van der Waals surface area (Å²) in [4.78, 5) is 30.8. The van der Waals surface area contributed by atoms with Crippen molar-refractivity contribution in [1.29, 1.82) is 0 Å². The van der Waals surface area contributed by atoms with Crippen molar-refractivity contribution in [3.8, 4) is 0 Å². The van der Waals surface area contributed by atoms with E-state index in [0.29, 0.717) is 15.9 Å². The number of aromatic amines is 1. The second-order valence-corrected chi connectivity index (χ2v) is 5.55. The molecule has 0 radical (unpaired) electrons. The third-order valence-corrected chi connectivity index (χ3v) is 3.90. The Kier molecular flexibility index (Phi) is 4.32. The third kappa shape index (κ3) is 3.36. The normalized spacial score (nSPS) is 10.7. The number of hydrogen-bond donors (Lipinski definition) is 1. The van der Waals surface area contributed by atoms with Gasteiger partial charge in [0, 0.05) is 0 Å². The van der Waals surface area contributed by atoms with Gasteiger partial charge in [-0.2, -0.15) is 0 Å². The Morgan fingerprint density at radius 2 is 1.91 bits per heavy atom. The first-order valence-electron chi connectivity index (χ1n) is 6.65. The van der Waals surface area contributed by atoms with E-state index >= 15 is 0 Å². The summed E-state index contributed by atoms with van der Waals surface area (Å²) in [6.45, 7) is -0.154. The number of benzene rings is 2. The minimum atomic E-state index is -0.584. The lowest BCUT2D eigenvalue weighted by atomic mass is 10.2. The second kappa shape index (κ2) is 6.40. The molecule has 23 heavy (non-hydrogen) atoms. The van der Waals surface area contributed by atoms with E-state index in [0.717, 1.165) is 0 Å². The maximum atomic E-state index is 12.0. The molecule has 0 fully saturated rings. The van der Waals surface area contributed by atoms with Crippen LogP contribution in [0.1, 0.15) is 16.2 Å². The van der Waals surface area contributed by atoms with Crippen LogP contribution in [0.5, 0.6) is 0 Å². The number of rotatable bonds is 3. The Balaban J connectivity index is 1.79. The van der Waals surface area contributed by atoms with E-state index in [-0.39, 0.29) is 28.6 Å². The number of nitrogens with zero attached hydrogens (tertiary/aromatic N) is 1. The highest BCUT2D eigenvalue weighted by Gasteiger charge is 2.11. The Hall–Kier alpha value is -2.37. The summed E-state index contributed by atoms with van der Waals surface area (Å²) in [5.74, 6) is -0.318. The maximum Gasteiger partial charge on any atom is 0.338 e. The van der Waals surface area contributed by atoms with Gasteiger partial charge >= 0.3 is 5.97 Å². The SMILES string of the molecule is O=C(OCc1nc2ccccc2c(=O)[nH]1)c1ccc(Cl)c(Cl)c1. The Labute approximate surface area is 140 Å². The number of hydrogen-bond acceptors (Lipinski definition) is 4. The van der Waals surface area contributed by atoms with Gasteiger partial charge in [-0.3, -0.25) is 4.79 Å². The van der Waals surface area contributed by atoms with Gasteiger partial charge in [-0.25, -0.2) is 9.78 Å². The van der Waals surface area contributed by atoms with Crippen LogP contribution >= 0.6 is 23.2 Å². The molecular weight excluding hydrogens is 339 g/mol. The van der Waals surface area contributed by atoms with Crippen LogP contribution in [0.25, 0.3) is 10.9 Å². The van der Waals surface area contributed by atoms with Crippen molar-refractivity contribution in [2.75, 3.05) is 0 Å². The van der Waals surface area contributed by atoms with E-state index in [4.69, 9.17) is 27.9 Å². The summed E-state index contributed by atoms with van der Waals surface area (Å²) < 4.78 is 5.14. The number of fused-ring (bicyclic) bond motifs is 1.